The molecule has 204 valence electrons. The van der Waals surface area contributed by atoms with Crippen LogP contribution in [0.25, 0.3) is 5.69 Å². The second kappa shape index (κ2) is 9.76. The topological polar surface area (TPSA) is 156 Å². The predicted molar refractivity (Wildman–Crippen MR) is 148 cm³/mol. The van der Waals surface area contributed by atoms with Crippen LogP contribution in [0.4, 0.5) is 0 Å². The zero-order valence-corrected chi connectivity index (χ0v) is 23.3. The SMILES string of the molecule is CN=C(C1=C(N)[C@H](C)N(C(=O)c2ncn(-c3ccc[nH]c3=O)n2)CC1)c1cc(Cl)cc(C2(S(C)(=O)=O)CC2)c1. The molecular weight excluding hydrogens is 542 g/mol. The highest BCUT2D eigenvalue weighted by atomic mass is 35.5. The van der Waals surface area contributed by atoms with Crippen LogP contribution < -0.4 is 11.3 Å². The van der Waals surface area contributed by atoms with Crippen molar-refractivity contribution in [1.29, 1.82) is 0 Å². The third-order valence-corrected chi connectivity index (χ3v) is 9.76. The van der Waals surface area contributed by atoms with E-state index >= 15 is 0 Å². The van der Waals surface area contributed by atoms with E-state index in [2.05, 4.69) is 20.1 Å². The lowest BCUT2D eigenvalue weighted by molar-refractivity contribution is 0.0694. The number of benzene rings is 1. The minimum Gasteiger partial charge on any atom is -0.400 e. The Bertz CT molecular complexity index is 1700. The largest absolute Gasteiger partial charge is 0.400 e. The summed E-state index contributed by atoms with van der Waals surface area (Å²) in [5.41, 5.74) is 9.62. The summed E-state index contributed by atoms with van der Waals surface area (Å²) in [5, 5.41) is 4.63. The van der Waals surface area contributed by atoms with Gasteiger partial charge in [0.2, 0.25) is 5.82 Å². The first-order chi connectivity index (χ1) is 18.5. The van der Waals surface area contributed by atoms with Crippen molar-refractivity contribution in [3.8, 4) is 5.69 Å². The van der Waals surface area contributed by atoms with Crippen molar-refractivity contribution in [2.45, 2.75) is 37.0 Å². The quantitative estimate of drug-likeness (QED) is 0.431. The van der Waals surface area contributed by atoms with Crippen LogP contribution in [0.5, 0.6) is 0 Å². The van der Waals surface area contributed by atoms with Crippen molar-refractivity contribution in [3.63, 3.8) is 0 Å². The first-order valence-electron chi connectivity index (χ1n) is 12.3. The van der Waals surface area contributed by atoms with Gasteiger partial charge in [0.25, 0.3) is 11.5 Å². The third-order valence-electron chi connectivity index (χ3n) is 7.48. The highest BCUT2D eigenvalue weighted by molar-refractivity contribution is 7.92. The number of carbonyl (C=O) groups excluding carboxylic acids is 1. The second-order valence-corrected chi connectivity index (χ2v) is 12.6. The average Bonchev–Trinajstić information content (AvgIpc) is 3.58. The van der Waals surface area contributed by atoms with Crippen LogP contribution in [0.15, 0.2) is 63.9 Å². The molecule has 39 heavy (non-hydrogen) atoms. The maximum Gasteiger partial charge on any atom is 0.294 e. The Morgan fingerprint density at radius 2 is 2.03 bits per heavy atom. The second-order valence-electron chi connectivity index (χ2n) is 9.82. The van der Waals surface area contributed by atoms with Gasteiger partial charge in [0.15, 0.2) is 9.84 Å². The summed E-state index contributed by atoms with van der Waals surface area (Å²) in [5.74, 6) is -0.472. The summed E-state index contributed by atoms with van der Waals surface area (Å²) in [6.07, 6.45) is 5.58. The molecule has 3 heterocycles. The van der Waals surface area contributed by atoms with Crippen molar-refractivity contribution in [2.75, 3.05) is 19.8 Å². The molecule has 1 fully saturated rings. The predicted octanol–water partition coefficient (Wildman–Crippen LogP) is 2.21. The molecule has 1 aliphatic carbocycles. The molecule has 13 heteroatoms. The van der Waals surface area contributed by atoms with E-state index in [1.807, 2.05) is 13.0 Å². The lowest BCUT2D eigenvalue weighted by atomic mass is 9.90. The maximum absolute atomic E-state index is 13.3. The number of aliphatic imine (C=N–C) groups is 1. The molecule has 1 aromatic carbocycles. The number of hydrogen-bond acceptors (Lipinski definition) is 8. The first-order valence-corrected chi connectivity index (χ1v) is 14.6. The van der Waals surface area contributed by atoms with Gasteiger partial charge in [-0.1, -0.05) is 11.6 Å². The zero-order valence-electron chi connectivity index (χ0n) is 21.7. The molecule has 2 aliphatic rings. The minimum absolute atomic E-state index is 0.0549. The smallest absolute Gasteiger partial charge is 0.294 e. The van der Waals surface area contributed by atoms with Gasteiger partial charge in [-0.15, -0.1) is 5.10 Å². The normalized spacial score (nSPS) is 19.3. The fourth-order valence-corrected chi connectivity index (χ4v) is 6.76. The number of carbonyl (C=O) groups is 1. The number of nitrogens with zero attached hydrogens (tertiary/aromatic N) is 5. The van der Waals surface area contributed by atoms with E-state index in [9.17, 15) is 18.0 Å². The van der Waals surface area contributed by atoms with Crippen molar-refractivity contribution < 1.29 is 13.2 Å². The van der Waals surface area contributed by atoms with Crippen molar-refractivity contribution in [3.05, 3.63) is 86.5 Å². The molecule has 2 aromatic heterocycles. The van der Waals surface area contributed by atoms with Crippen LogP contribution >= 0.6 is 11.6 Å². The number of rotatable bonds is 6. The number of nitrogens with one attached hydrogen (secondary N) is 1. The van der Waals surface area contributed by atoms with Crippen molar-refractivity contribution in [1.82, 2.24) is 24.6 Å². The van der Waals surface area contributed by atoms with Crippen LogP contribution in [-0.2, 0) is 14.6 Å². The third kappa shape index (κ3) is 4.67. The number of H-pyrrole nitrogens is 1. The standard InChI is InChI=1S/C26H28ClN7O4S/c1-15-21(28)19(22(29-2)16-11-17(13-18(27)12-16)26(7-8-26)39(3,37)38)6-10-33(15)25(36)23-31-14-34(32-23)20-5-4-9-30-24(20)35/h4-5,9,11-15H,6-8,10,28H2,1-3H3,(H,30,35)/t15-/m0/s1. The van der Waals surface area contributed by atoms with Gasteiger partial charge < -0.3 is 15.6 Å². The molecule has 0 spiro atoms. The highest BCUT2D eigenvalue weighted by Gasteiger charge is 2.53. The Morgan fingerprint density at radius 1 is 1.28 bits per heavy atom. The van der Waals surface area contributed by atoms with E-state index in [0.29, 0.717) is 53.4 Å². The summed E-state index contributed by atoms with van der Waals surface area (Å²) in [4.78, 5) is 38.1. The number of nitrogens with two attached hydrogens (primary N) is 1. The van der Waals surface area contributed by atoms with Crippen LogP contribution in [0.1, 0.15) is 47.9 Å². The van der Waals surface area contributed by atoms with E-state index in [1.165, 1.54) is 23.5 Å². The molecule has 1 amide bonds. The van der Waals surface area contributed by atoms with Crippen LogP contribution in [0.2, 0.25) is 5.02 Å². The van der Waals surface area contributed by atoms with Crippen molar-refractivity contribution in [2.24, 2.45) is 10.7 Å². The summed E-state index contributed by atoms with van der Waals surface area (Å²) in [7, 11) is -1.69. The van der Waals surface area contributed by atoms with Gasteiger partial charge >= 0.3 is 0 Å². The lowest BCUT2D eigenvalue weighted by Gasteiger charge is -2.35. The number of aromatic amines is 1. The van der Waals surface area contributed by atoms with E-state index in [4.69, 9.17) is 17.3 Å². The highest BCUT2D eigenvalue weighted by Crippen LogP contribution is 2.53. The monoisotopic (exact) mass is 569 g/mol. The lowest BCUT2D eigenvalue weighted by Crippen LogP contribution is -2.47. The molecule has 1 atom stereocenters. The zero-order chi connectivity index (χ0) is 28.1. The molecule has 1 aliphatic heterocycles. The molecule has 11 nitrogen and oxygen atoms in total. The van der Waals surface area contributed by atoms with Crippen LogP contribution in [-0.4, -0.2) is 70.6 Å². The van der Waals surface area contributed by atoms with Gasteiger partial charge in [0.1, 0.15) is 12.0 Å². The van der Waals surface area contributed by atoms with Gasteiger partial charge in [0, 0.05) is 47.9 Å². The molecule has 5 rings (SSSR count). The molecule has 0 bridgehead atoms. The Kier molecular flexibility index (Phi) is 6.71. The summed E-state index contributed by atoms with van der Waals surface area (Å²) >= 11 is 6.44. The first kappa shape index (κ1) is 26.8. The fourth-order valence-electron chi connectivity index (χ4n) is 5.14. The average molecular weight is 570 g/mol. The number of pyridine rings is 1. The number of halogens is 1. The molecule has 0 unspecified atom stereocenters. The minimum atomic E-state index is -3.33. The van der Waals surface area contributed by atoms with Gasteiger partial charge in [-0.3, -0.25) is 14.6 Å². The molecule has 3 aromatic rings. The summed E-state index contributed by atoms with van der Waals surface area (Å²) in [6, 6.07) is 8.01. The fraction of sp³-hybridized carbons (Fsp3) is 0.346. The van der Waals surface area contributed by atoms with E-state index in [1.54, 1.807) is 36.2 Å². The van der Waals surface area contributed by atoms with Gasteiger partial charge in [-0.25, -0.2) is 18.1 Å². The number of amides is 1. The Morgan fingerprint density at radius 3 is 2.67 bits per heavy atom. The number of sulfone groups is 1. The van der Waals surface area contributed by atoms with Gasteiger partial charge in [0.05, 0.1) is 16.5 Å². The van der Waals surface area contributed by atoms with Gasteiger partial charge in [-0.2, -0.15) is 0 Å². The molecule has 0 radical (unpaired) electrons. The summed E-state index contributed by atoms with van der Waals surface area (Å²) < 4.78 is 25.4. The van der Waals surface area contributed by atoms with E-state index < -0.39 is 26.5 Å². The molecule has 1 saturated carbocycles. The maximum atomic E-state index is 13.3. The van der Waals surface area contributed by atoms with Crippen LogP contribution in [0.3, 0.4) is 0 Å². The van der Waals surface area contributed by atoms with Gasteiger partial charge in [-0.05, 0) is 62.1 Å². The van der Waals surface area contributed by atoms with E-state index in [-0.39, 0.29) is 17.1 Å². The van der Waals surface area contributed by atoms with Crippen molar-refractivity contribution >= 4 is 33.1 Å². The molecular formula is C26H28ClN7O4S. The molecule has 0 saturated heterocycles. The molecule has 3 N–H and O–H groups in total. The number of hydrogen-bond donors (Lipinski definition) is 2. The van der Waals surface area contributed by atoms with Crippen LogP contribution in [0, 0.1) is 0 Å². The Labute approximate surface area is 230 Å². The number of aromatic nitrogens is 4. The Balaban J connectivity index is 1.43. The van der Waals surface area contributed by atoms with E-state index in [0.717, 1.165) is 5.57 Å². The Hall–Kier alpha value is -3.77. The summed E-state index contributed by atoms with van der Waals surface area (Å²) in [6.45, 7) is 2.14.